The van der Waals surface area contributed by atoms with E-state index >= 15 is 0 Å². The van der Waals surface area contributed by atoms with E-state index in [-0.39, 0.29) is 11.8 Å². The minimum atomic E-state index is 0.218. The van der Waals surface area contributed by atoms with Gasteiger partial charge in [0.2, 0.25) is 5.82 Å². The second kappa shape index (κ2) is 3.35. The van der Waals surface area contributed by atoms with E-state index in [1.165, 1.54) is 10.8 Å². The van der Waals surface area contributed by atoms with Gasteiger partial charge in [0.05, 0.1) is 5.69 Å². The molecule has 0 unspecified atom stereocenters. The quantitative estimate of drug-likeness (QED) is 0.633. The molecule has 0 aliphatic carbocycles. The van der Waals surface area contributed by atoms with Gasteiger partial charge in [-0.3, -0.25) is 0 Å². The second-order valence-electron chi connectivity index (χ2n) is 3.42. The van der Waals surface area contributed by atoms with E-state index in [9.17, 15) is 0 Å². The molecular weight excluding hydrogens is 218 g/mol. The molecule has 2 heterocycles. The highest BCUT2D eigenvalue weighted by atomic mass is 16.4. The third-order valence-corrected chi connectivity index (χ3v) is 2.39. The molecule has 0 saturated heterocycles. The van der Waals surface area contributed by atoms with Gasteiger partial charge in [0.15, 0.2) is 5.58 Å². The molecule has 0 spiro atoms. The van der Waals surface area contributed by atoms with Crippen LogP contribution in [0.2, 0.25) is 0 Å². The molecule has 0 bridgehead atoms. The molecular formula is C11H7N5O. The van der Waals surface area contributed by atoms with Crippen molar-refractivity contribution < 1.29 is 4.42 Å². The SMILES string of the molecule is N#Cc1nccn1-c1nc2c(N)cccc2o1. The number of oxazole rings is 1. The van der Waals surface area contributed by atoms with Crippen molar-refractivity contribution in [2.45, 2.75) is 0 Å². The molecule has 3 aromatic rings. The third kappa shape index (κ3) is 1.33. The fourth-order valence-corrected chi connectivity index (χ4v) is 1.60. The number of nitrogens with zero attached hydrogens (tertiary/aromatic N) is 4. The molecule has 2 N–H and O–H groups in total. The lowest BCUT2D eigenvalue weighted by atomic mass is 10.3. The first-order chi connectivity index (χ1) is 8.29. The van der Waals surface area contributed by atoms with Crippen LogP contribution < -0.4 is 5.73 Å². The topological polar surface area (TPSA) is 93.7 Å². The molecule has 3 rings (SSSR count). The van der Waals surface area contributed by atoms with Crippen molar-refractivity contribution in [3.05, 3.63) is 36.4 Å². The van der Waals surface area contributed by atoms with Crippen LogP contribution >= 0.6 is 0 Å². The molecule has 2 aromatic heterocycles. The van der Waals surface area contributed by atoms with Gasteiger partial charge >= 0.3 is 6.01 Å². The first-order valence-corrected chi connectivity index (χ1v) is 4.88. The average molecular weight is 225 g/mol. The summed E-state index contributed by atoms with van der Waals surface area (Å²) in [4.78, 5) is 8.12. The smallest absolute Gasteiger partial charge is 0.309 e. The maximum atomic E-state index is 8.87. The van der Waals surface area contributed by atoms with Crippen LogP contribution in [0.25, 0.3) is 17.1 Å². The minimum absolute atomic E-state index is 0.218. The zero-order valence-electron chi connectivity index (χ0n) is 8.66. The van der Waals surface area contributed by atoms with E-state index in [0.29, 0.717) is 16.8 Å². The summed E-state index contributed by atoms with van der Waals surface area (Å²) in [5, 5.41) is 8.87. The van der Waals surface area contributed by atoms with E-state index in [1.807, 2.05) is 6.07 Å². The second-order valence-corrected chi connectivity index (χ2v) is 3.42. The van der Waals surface area contributed by atoms with Crippen LogP contribution in [0.3, 0.4) is 0 Å². The van der Waals surface area contributed by atoms with Crippen molar-refractivity contribution in [1.82, 2.24) is 14.5 Å². The largest absolute Gasteiger partial charge is 0.423 e. The molecule has 0 aliphatic rings. The normalized spacial score (nSPS) is 10.5. The van der Waals surface area contributed by atoms with Gasteiger partial charge in [0, 0.05) is 12.4 Å². The Bertz CT molecular complexity index is 734. The van der Waals surface area contributed by atoms with Crippen LogP contribution in [0.1, 0.15) is 5.82 Å². The number of rotatable bonds is 1. The summed E-state index contributed by atoms with van der Waals surface area (Å²) in [6.07, 6.45) is 3.12. The summed E-state index contributed by atoms with van der Waals surface area (Å²) >= 11 is 0. The number of nitrogens with two attached hydrogens (primary N) is 1. The first kappa shape index (κ1) is 9.42. The van der Waals surface area contributed by atoms with Crippen molar-refractivity contribution >= 4 is 16.8 Å². The highest BCUT2D eigenvalue weighted by Crippen LogP contribution is 2.23. The van der Waals surface area contributed by atoms with Gasteiger partial charge in [-0.25, -0.2) is 9.55 Å². The van der Waals surface area contributed by atoms with Crippen LogP contribution in [0.5, 0.6) is 0 Å². The van der Waals surface area contributed by atoms with Crippen LogP contribution in [-0.4, -0.2) is 14.5 Å². The highest BCUT2D eigenvalue weighted by Gasteiger charge is 2.12. The zero-order valence-corrected chi connectivity index (χ0v) is 8.66. The molecule has 0 amide bonds. The number of nitriles is 1. The van der Waals surface area contributed by atoms with Crippen LogP contribution in [0.15, 0.2) is 35.0 Å². The number of fused-ring (bicyclic) bond motifs is 1. The van der Waals surface area contributed by atoms with E-state index in [1.54, 1.807) is 24.4 Å². The molecule has 0 atom stereocenters. The van der Waals surface area contributed by atoms with Gasteiger partial charge in [0.25, 0.3) is 0 Å². The number of hydrogen-bond acceptors (Lipinski definition) is 5. The van der Waals surface area contributed by atoms with Crippen LogP contribution in [-0.2, 0) is 0 Å². The molecule has 0 radical (unpaired) electrons. The van der Waals surface area contributed by atoms with E-state index in [0.717, 1.165) is 0 Å². The number of anilines is 1. The standard InChI is InChI=1S/C11H7N5O/c12-6-9-14-4-5-16(9)11-15-10-7(13)2-1-3-8(10)17-11/h1-5H,13H2. The van der Waals surface area contributed by atoms with E-state index in [4.69, 9.17) is 15.4 Å². The third-order valence-electron chi connectivity index (χ3n) is 2.39. The van der Waals surface area contributed by atoms with Crippen molar-refractivity contribution in [1.29, 1.82) is 5.26 Å². The van der Waals surface area contributed by atoms with Gasteiger partial charge in [-0.2, -0.15) is 10.2 Å². The average Bonchev–Trinajstić information content (AvgIpc) is 2.94. The van der Waals surface area contributed by atoms with Gasteiger partial charge < -0.3 is 10.2 Å². The van der Waals surface area contributed by atoms with Gasteiger partial charge in [0.1, 0.15) is 11.6 Å². The van der Waals surface area contributed by atoms with Crippen molar-refractivity contribution in [3.63, 3.8) is 0 Å². The van der Waals surface area contributed by atoms with Gasteiger partial charge in [-0.1, -0.05) is 6.07 Å². The number of aromatic nitrogens is 3. The Morgan fingerprint density at radius 3 is 3.06 bits per heavy atom. The molecule has 1 aromatic carbocycles. The molecule has 0 fully saturated rings. The molecule has 17 heavy (non-hydrogen) atoms. The van der Waals surface area contributed by atoms with E-state index < -0.39 is 0 Å². The van der Waals surface area contributed by atoms with Gasteiger partial charge in [-0.15, -0.1) is 0 Å². The summed E-state index contributed by atoms with van der Waals surface area (Å²) in [5.41, 5.74) is 7.48. The lowest BCUT2D eigenvalue weighted by molar-refractivity contribution is 0.562. The Balaban J connectivity index is 2.26. The number of nitrogen functional groups attached to an aromatic ring is 1. The predicted molar refractivity (Wildman–Crippen MR) is 60.3 cm³/mol. The molecule has 82 valence electrons. The summed E-state index contributed by atoms with van der Waals surface area (Å²) in [6.45, 7) is 0. The number of imidazole rings is 1. The van der Waals surface area contributed by atoms with Crippen LogP contribution in [0, 0.1) is 11.3 Å². The Hall–Kier alpha value is -2.81. The van der Waals surface area contributed by atoms with Crippen molar-refractivity contribution in [2.24, 2.45) is 0 Å². The van der Waals surface area contributed by atoms with Gasteiger partial charge in [-0.05, 0) is 12.1 Å². The molecule has 0 aliphatic heterocycles. The maximum Gasteiger partial charge on any atom is 0.309 e. The van der Waals surface area contributed by atoms with E-state index in [2.05, 4.69) is 9.97 Å². The molecule has 6 heteroatoms. The number of hydrogen-bond donors (Lipinski definition) is 1. The summed E-state index contributed by atoms with van der Waals surface area (Å²) < 4.78 is 6.99. The summed E-state index contributed by atoms with van der Waals surface area (Å²) in [7, 11) is 0. The molecule has 0 saturated carbocycles. The Morgan fingerprint density at radius 1 is 1.41 bits per heavy atom. The first-order valence-electron chi connectivity index (χ1n) is 4.88. The summed E-state index contributed by atoms with van der Waals surface area (Å²) in [5.74, 6) is 0.218. The molecule has 6 nitrogen and oxygen atoms in total. The minimum Gasteiger partial charge on any atom is -0.423 e. The van der Waals surface area contributed by atoms with Crippen LogP contribution in [0.4, 0.5) is 5.69 Å². The van der Waals surface area contributed by atoms with Crippen molar-refractivity contribution in [3.8, 4) is 12.1 Å². The van der Waals surface area contributed by atoms with Crippen molar-refractivity contribution in [2.75, 3.05) is 5.73 Å². The Kier molecular flexibility index (Phi) is 1.86. The fourth-order valence-electron chi connectivity index (χ4n) is 1.60. The fraction of sp³-hybridized carbons (Fsp3) is 0. The maximum absolute atomic E-state index is 8.87. The number of para-hydroxylation sites is 1. The lowest BCUT2D eigenvalue weighted by Gasteiger charge is -1.93. The Morgan fingerprint density at radius 2 is 2.29 bits per heavy atom. The lowest BCUT2D eigenvalue weighted by Crippen LogP contribution is -1.96. The zero-order chi connectivity index (χ0) is 11.8. The highest BCUT2D eigenvalue weighted by molar-refractivity contribution is 5.85. The predicted octanol–water partition coefficient (Wildman–Crippen LogP) is 1.47. The summed E-state index contributed by atoms with van der Waals surface area (Å²) in [6, 6.07) is 7.53. The number of benzene rings is 1. The monoisotopic (exact) mass is 225 g/mol. The Labute approximate surface area is 95.9 Å².